The van der Waals surface area contributed by atoms with Crippen molar-refractivity contribution in [2.75, 3.05) is 24.3 Å². The van der Waals surface area contributed by atoms with Gasteiger partial charge in [0.15, 0.2) is 0 Å². The monoisotopic (exact) mass is 293 g/mol. The highest BCUT2D eigenvalue weighted by atomic mass is 16.5. The number of hydrogen-bond acceptors (Lipinski definition) is 4. The van der Waals surface area contributed by atoms with Gasteiger partial charge in [-0.3, -0.25) is 9.59 Å². The zero-order valence-electron chi connectivity index (χ0n) is 12.9. The van der Waals surface area contributed by atoms with E-state index in [0.717, 1.165) is 6.42 Å². The molecule has 0 radical (unpaired) electrons. The summed E-state index contributed by atoms with van der Waals surface area (Å²) < 4.78 is 5.21. The lowest BCUT2D eigenvalue weighted by Crippen LogP contribution is -2.34. The molecule has 1 unspecified atom stereocenters. The summed E-state index contributed by atoms with van der Waals surface area (Å²) in [7, 11) is 1.53. The van der Waals surface area contributed by atoms with Crippen LogP contribution < -0.4 is 20.7 Å². The van der Waals surface area contributed by atoms with Crippen LogP contribution in [0.1, 0.15) is 27.2 Å². The van der Waals surface area contributed by atoms with E-state index in [1.807, 2.05) is 6.92 Å². The fourth-order valence-electron chi connectivity index (χ4n) is 1.69. The van der Waals surface area contributed by atoms with Gasteiger partial charge in [0.25, 0.3) is 0 Å². The molecule has 0 fully saturated rings. The van der Waals surface area contributed by atoms with Crippen molar-refractivity contribution in [1.29, 1.82) is 0 Å². The van der Waals surface area contributed by atoms with Crippen molar-refractivity contribution < 1.29 is 14.3 Å². The number of benzene rings is 1. The summed E-state index contributed by atoms with van der Waals surface area (Å²) in [6.45, 7) is 5.72. The van der Waals surface area contributed by atoms with E-state index in [0.29, 0.717) is 17.1 Å². The van der Waals surface area contributed by atoms with Crippen LogP contribution in [0.25, 0.3) is 0 Å². The highest BCUT2D eigenvalue weighted by Gasteiger charge is 2.10. The minimum Gasteiger partial charge on any atom is -0.495 e. The van der Waals surface area contributed by atoms with Crippen molar-refractivity contribution in [3.05, 3.63) is 18.2 Å². The zero-order valence-corrected chi connectivity index (χ0v) is 12.9. The van der Waals surface area contributed by atoms with Crippen LogP contribution in [0, 0.1) is 0 Å². The molecule has 6 nitrogen and oxygen atoms in total. The molecule has 0 aliphatic rings. The van der Waals surface area contributed by atoms with Crippen LogP contribution in [-0.2, 0) is 9.59 Å². The fraction of sp³-hybridized carbons (Fsp3) is 0.467. The molecule has 3 N–H and O–H groups in total. The Morgan fingerprint density at radius 1 is 1.29 bits per heavy atom. The average Bonchev–Trinajstić information content (AvgIpc) is 2.44. The van der Waals surface area contributed by atoms with Crippen molar-refractivity contribution in [2.24, 2.45) is 0 Å². The van der Waals surface area contributed by atoms with Gasteiger partial charge in [0.05, 0.1) is 19.3 Å². The molecular formula is C15H23N3O3. The minimum absolute atomic E-state index is 0.159. The molecule has 0 bridgehead atoms. The minimum atomic E-state index is -0.170. The Kier molecular flexibility index (Phi) is 6.68. The topological polar surface area (TPSA) is 79.5 Å². The first kappa shape index (κ1) is 17.0. The molecule has 1 atom stereocenters. The molecule has 0 aliphatic heterocycles. The number of ether oxygens (including phenoxy) is 1. The van der Waals surface area contributed by atoms with Crippen LogP contribution in [0.2, 0.25) is 0 Å². The van der Waals surface area contributed by atoms with E-state index >= 15 is 0 Å². The van der Waals surface area contributed by atoms with Crippen molar-refractivity contribution in [1.82, 2.24) is 5.32 Å². The van der Waals surface area contributed by atoms with Gasteiger partial charge in [0, 0.05) is 18.7 Å². The Morgan fingerprint density at radius 3 is 2.57 bits per heavy atom. The van der Waals surface area contributed by atoms with Crippen LogP contribution in [0.5, 0.6) is 5.75 Å². The largest absolute Gasteiger partial charge is 0.495 e. The standard InChI is InChI=1S/C15H23N3O3/c1-5-10(2)16-9-15(20)18-13-8-12(17-11(3)19)6-7-14(13)21-4/h6-8,10,16H,5,9H2,1-4H3,(H,17,19)(H,18,20). The Labute approximate surface area is 125 Å². The number of carbonyl (C=O) groups excluding carboxylic acids is 2. The molecule has 0 spiro atoms. The molecule has 0 aromatic heterocycles. The van der Waals surface area contributed by atoms with Gasteiger partial charge in [-0.05, 0) is 31.5 Å². The summed E-state index contributed by atoms with van der Waals surface area (Å²) in [5.41, 5.74) is 1.13. The fourth-order valence-corrected chi connectivity index (χ4v) is 1.69. The van der Waals surface area contributed by atoms with Gasteiger partial charge in [-0.25, -0.2) is 0 Å². The highest BCUT2D eigenvalue weighted by molar-refractivity contribution is 5.95. The molecule has 1 aromatic carbocycles. The third-order valence-corrected chi connectivity index (χ3v) is 3.02. The Morgan fingerprint density at radius 2 is 2.00 bits per heavy atom. The Hall–Kier alpha value is -2.08. The number of methoxy groups -OCH3 is 1. The molecule has 116 valence electrons. The molecule has 1 rings (SSSR count). The van der Waals surface area contributed by atoms with Gasteiger partial charge in [-0.2, -0.15) is 0 Å². The van der Waals surface area contributed by atoms with Crippen LogP contribution in [0.4, 0.5) is 11.4 Å². The second kappa shape index (κ2) is 8.26. The van der Waals surface area contributed by atoms with Gasteiger partial charge in [0.2, 0.25) is 11.8 Å². The molecule has 0 saturated carbocycles. The summed E-state index contributed by atoms with van der Waals surface area (Å²) in [5.74, 6) is 0.213. The molecule has 2 amide bonds. The summed E-state index contributed by atoms with van der Waals surface area (Å²) >= 11 is 0. The molecule has 6 heteroatoms. The lowest BCUT2D eigenvalue weighted by molar-refractivity contribution is -0.115. The average molecular weight is 293 g/mol. The van der Waals surface area contributed by atoms with E-state index < -0.39 is 0 Å². The van der Waals surface area contributed by atoms with Crippen molar-refractivity contribution in [3.8, 4) is 5.75 Å². The quantitative estimate of drug-likeness (QED) is 0.718. The first-order chi connectivity index (χ1) is 9.96. The maximum atomic E-state index is 11.9. The van der Waals surface area contributed by atoms with E-state index in [4.69, 9.17) is 4.74 Å². The molecular weight excluding hydrogens is 270 g/mol. The first-order valence-electron chi connectivity index (χ1n) is 6.95. The van der Waals surface area contributed by atoms with Crippen molar-refractivity contribution >= 4 is 23.2 Å². The number of rotatable bonds is 7. The number of hydrogen-bond donors (Lipinski definition) is 3. The van der Waals surface area contributed by atoms with E-state index in [1.165, 1.54) is 14.0 Å². The lowest BCUT2D eigenvalue weighted by Gasteiger charge is -2.14. The third-order valence-electron chi connectivity index (χ3n) is 3.02. The maximum Gasteiger partial charge on any atom is 0.238 e. The predicted octanol–water partition coefficient (Wildman–Crippen LogP) is 1.98. The van der Waals surface area contributed by atoms with E-state index in [2.05, 4.69) is 22.9 Å². The SMILES string of the molecule is CCC(C)NCC(=O)Nc1cc(NC(C)=O)ccc1OC. The number of nitrogens with one attached hydrogen (secondary N) is 3. The Bertz CT molecular complexity index is 503. The smallest absolute Gasteiger partial charge is 0.238 e. The van der Waals surface area contributed by atoms with Crippen molar-refractivity contribution in [2.45, 2.75) is 33.2 Å². The van der Waals surface area contributed by atoms with Crippen LogP contribution in [0.15, 0.2) is 18.2 Å². The number of carbonyl (C=O) groups is 2. The van der Waals surface area contributed by atoms with E-state index in [9.17, 15) is 9.59 Å². The number of anilines is 2. The van der Waals surface area contributed by atoms with Gasteiger partial charge in [-0.15, -0.1) is 0 Å². The summed E-state index contributed by atoms with van der Waals surface area (Å²) in [4.78, 5) is 23.0. The highest BCUT2D eigenvalue weighted by Crippen LogP contribution is 2.27. The van der Waals surface area contributed by atoms with Crippen molar-refractivity contribution in [3.63, 3.8) is 0 Å². The third kappa shape index (κ3) is 5.83. The summed E-state index contributed by atoms with van der Waals surface area (Å²) in [6, 6.07) is 5.36. The van der Waals surface area contributed by atoms with Gasteiger partial charge >= 0.3 is 0 Å². The normalized spacial score (nSPS) is 11.6. The predicted molar refractivity (Wildman–Crippen MR) is 83.7 cm³/mol. The Balaban J connectivity index is 2.75. The van der Waals surface area contributed by atoms with E-state index in [-0.39, 0.29) is 24.4 Å². The zero-order chi connectivity index (χ0) is 15.8. The van der Waals surface area contributed by atoms with Crippen LogP contribution in [-0.4, -0.2) is 31.5 Å². The lowest BCUT2D eigenvalue weighted by atomic mass is 10.2. The van der Waals surface area contributed by atoms with Gasteiger partial charge < -0.3 is 20.7 Å². The molecule has 1 aromatic rings. The molecule has 21 heavy (non-hydrogen) atoms. The summed E-state index contributed by atoms with van der Waals surface area (Å²) in [6.07, 6.45) is 0.953. The first-order valence-corrected chi connectivity index (χ1v) is 6.95. The van der Waals surface area contributed by atoms with Crippen LogP contribution in [0.3, 0.4) is 0 Å². The van der Waals surface area contributed by atoms with Gasteiger partial charge in [-0.1, -0.05) is 6.92 Å². The summed E-state index contributed by atoms with van der Waals surface area (Å²) in [5, 5.41) is 8.56. The number of amides is 2. The van der Waals surface area contributed by atoms with E-state index in [1.54, 1.807) is 18.2 Å². The second-order valence-corrected chi connectivity index (χ2v) is 4.83. The molecule has 0 saturated heterocycles. The second-order valence-electron chi connectivity index (χ2n) is 4.83. The molecule has 0 aliphatic carbocycles. The van der Waals surface area contributed by atoms with Gasteiger partial charge in [0.1, 0.15) is 5.75 Å². The van der Waals surface area contributed by atoms with Crippen LogP contribution >= 0.6 is 0 Å². The molecule has 0 heterocycles. The maximum absolute atomic E-state index is 11.9.